The first-order valence-corrected chi connectivity index (χ1v) is 4.37. The van der Waals surface area contributed by atoms with Gasteiger partial charge in [-0.3, -0.25) is 0 Å². The van der Waals surface area contributed by atoms with Crippen molar-refractivity contribution in [3.8, 4) is 0 Å². The zero-order valence-corrected chi connectivity index (χ0v) is 7.56. The Balaban J connectivity index is 2.51. The van der Waals surface area contributed by atoms with E-state index in [4.69, 9.17) is 10.8 Å². The summed E-state index contributed by atoms with van der Waals surface area (Å²) in [5.41, 5.74) is 6.41. The lowest BCUT2D eigenvalue weighted by Gasteiger charge is -2.25. The number of hydrogen-bond donors (Lipinski definition) is 2. The Morgan fingerprint density at radius 1 is 1.36 bits per heavy atom. The molecule has 0 radical (unpaired) electrons. The lowest BCUT2D eigenvalue weighted by molar-refractivity contribution is 0.229. The number of aliphatic hydroxyl groups excluding tert-OH is 1. The summed E-state index contributed by atoms with van der Waals surface area (Å²) in [5.74, 6) is 0. The molecule has 2 nitrogen and oxygen atoms in total. The van der Waals surface area contributed by atoms with Crippen LogP contribution in [0.2, 0.25) is 0 Å². The number of hydrogen-bond acceptors (Lipinski definition) is 2. The largest absolute Gasteiger partial charge is 0.396 e. The lowest BCUT2D eigenvalue weighted by atomic mass is 9.87. The molecule has 2 heteroatoms. The molecule has 0 aliphatic heterocycles. The molecule has 0 aromatic heterocycles. The summed E-state index contributed by atoms with van der Waals surface area (Å²) in [6.07, 6.45) is 4.08. The van der Waals surface area contributed by atoms with Gasteiger partial charge in [-0.1, -0.05) is 13.8 Å². The van der Waals surface area contributed by atoms with Crippen LogP contribution in [-0.2, 0) is 0 Å². The molecule has 66 valence electrons. The van der Waals surface area contributed by atoms with Gasteiger partial charge in [-0.05, 0) is 31.1 Å². The Labute approximate surface area is 68.8 Å². The van der Waals surface area contributed by atoms with Gasteiger partial charge in [0.25, 0.3) is 0 Å². The molecule has 0 bridgehead atoms. The highest BCUT2D eigenvalue weighted by atomic mass is 16.3. The fraction of sp³-hybridized carbons (Fsp3) is 1.00. The number of rotatable bonds is 2. The van der Waals surface area contributed by atoms with Gasteiger partial charge in [0.1, 0.15) is 0 Å². The first-order valence-electron chi connectivity index (χ1n) is 4.37. The summed E-state index contributed by atoms with van der Waals surface area (Å²) in [4.78, 5) is 0. The molecule has 1 fully saturated rings. The highest BCUT2D eigenvalue weighted by Gasteiger charge is 2.39. The molecule has 0 saturated heterocycles. The third-order valence-electron chi connectivity index (χ3n) is 2.74. The molecule has 1 aliphatic rings. The van der Waals surface area contributed by atoms with E-state index in [1.165, 1.54) is 6.42 Å². The number of nitrogens with two attached hydrogens (primary N) is 1. The molecule has 0 spiro atoms. The molecule has 3 N–H and O–H groups in total. The van der Waals surface area contributed by atoms with E-state index in [2.05, 4.69) is 13.8 Å². The standard InChI is InChI=1S/C9H19NO/c1-8(2)3-4-9(10,7-8)5-6-11/h11H,3-7,10H2,1-2H3. The van der Waals surface area contributed by atoms with Gasteiger partial charge in [-0.15, -0.1) is 0 Å². The van der Waals surface area contributed by atoms with E-state index < -0.39 is 0 Å². The van der Waals surface area contributed by atoms with Crippen LogP contribution in [0.15, 0.2) is 0 Å². The first-order chi connectivity index (χ1) is 4.97. The van der Waals surface area contributed by atoms with Crippen LogP contribution in [0.1, 0.15) is 39.5 Å². The van der Waals surface area contributed by atoms with E-state index in [0.29, 0.717) is 5.41 Å². The molecule has 0 aromatic rings. The van der Waals surface area contributed by atoms with E-state index in [0.717, 1.165) is 19.3 Å². The minimum absolute atomic E-state index is 0.0712. The van der Waals surface area contributed by atoms with Crippen LogP contribution in [0.5, 0.6) is 0 Å². The van der Waals surface area contributed by atoms with Gasteiger partial charge in [0, 0.05) is 12.1 Å². The lowest BCUT2D eigenvalue weighted by Crippen LogP contribution is -2.38. The normalized spacial score (nSPS) is 36.0. The topological polar surface area (TPSA) is 46.2 Å². The molecular formula is C9H19NO. The Hall–Kier alpha value is -0.0800. The van der Waals surface area contributed by atoms with Crippen molar-refractivity contribution in [2.45, 2.75) is 45.1 Å². The van der Waals surface area contributed by atoms with Gasteiger partial charge in [-0.2, -0.15) is 0 Å². The fourth-order valence-electron chi connectivity index (χ4n) is 2.15. The fourth-order valence-corrected chi connectivity index (χ4v) is 2.15. The molecule has 1 rings (SSSR count). The second-order valence-corrected chi connectivity index (χ2v) is 4.68. The minimum atomic E-state index is -0.0712. The number of aliphatic hydroxyl groups is 1. The molecule has 0 heterocycles. The molecule has 1 saturated carbocycles. The zero-order chi connectivity index (χ0) is 8.54. The molecular weight excluding hydrogens is 138 g/mol. The molecule has 11 heavy (non-hydrogen) atoms. The monoisotopic (exact) mass is 157 g/mol. The predicted octanol–water partition coefficient (Wildman–Crippen LogP) is 1.28. The van der Waals surface area contributed by atoms with E-state index in [9.17, 15) is 0 Å². The van der Waals surface area contributed by atoms with Crippen LogP contribution in [0.3, 0.4) is 0 Å². The molecule has 0 aromatic carbocycles. The van der Waals surface area contributed by atoms with Crippen molar-refractivity contribution in [2.75, 3.05) is 6.61 Å². The first kappa shape index (κ1) is 9.01. The Kier molecular flexibility index (Phi) is 2.26. The maximum absolute atomic E-state index is 8.78. The van der Waals surface area contributed by atoms with Gasteiger partial charge < -0.3 is 10.8 Å². The Morgan fingerprint density at radius 2 is 2.00 bits per heavy atom. The average Bonchev–Trinajstić information content (AvgIpc) is 2.07. The summed E-state index contributed by atoms with van der Waals surface area (Å²) < 4.78 is 0. The van der Waals surface area contributed by atoms with Crippen molar-refractivity contribution in [1.82, 2.24) is 0 Å². The molecule has 1 unspecified atom stereocenters. The molecule has 1 atom stereocenters. The summed E-state index contributed by atoms with van der Waals surface area (Å²) in [6, 6.07) is 0. The van der Waals surface area contributed by atoms with Crippen LogP contribution in [0.4, 0.5) is 0 Å². The van der Waals surface area contributed by atoms with Gasteiger partial charge in [0.05, 0.1) is 0 Å². The van der Waals surface area contributed by atoms with Gasteiger partial charge in [0.15, 0.2) is 0 Å². The highest BCUT2D eigenvalue weighted by Crippen LogP contribution is 2.43. The van der Waals surface area contributed by atoms with Gasteiger partial charge in [0.2, 0.25) is 0 Å². The third-order valence-corrected chi connectivity index (χ3v) is 2.74. The van der Waals surface area contributed by atoms with Crippen molar-refractivity contribution in [2.24, 2.45) is 11.1 Å². The van der Waals surface area contributed by atoms with Crippen LogP contribution in [0.25, 0.3) is 0 Å². The van der Waals surface area contributed by atoms with Crippen molar-refractivity contribution >= 4 is 0 Å². The quantitative estimate of drug-likeness (QED) is 0.634. The Bertz CT molecular complexity index is 144. The smallest absolute Gasteiger partial charge is 0.0448 e. The van der Waals surface area contributed by atoms with Crippen LogP contribution in [-0.4, -0.2) is 17.3 Å². The maximum Gasteiger partial charge on any atom is 0.0448 e. The minimum Gasteiger partial charge on any atom is -0.396 e. The molecule has 1 aliphatic carbocycles. The van der Waals surface area contributed by atoms with Crippen LogP contribution in [0, 0.1) is 5.41 Å². The van der Waals surface area contributed by atoms with E-state index >= 15 is 0 Å². The van der Waals surface area contributed by atoms with Crippen molar-refractivity contribution in [3.63, 3.8) is 0 Å². The van der Waals surface area contributed by atoms with Crippen molar-refractivity contribution < 1.29 is 5.11 Å². The van der Waals surface area contributed by atoms with Crippen LogP contribution >= 0.6 is 0 Å². The summed E-state index contributed by atoms with van der Waals surface area (Å²) >= 11 is 0. The van der Waals surface area contributed by atoms with Crippen LogP contribution < -0.4 is 5.73 Å². The van der Waals surface area contributed by atoms with Crippen molar-refractivity contribution in [1.29, 1.82) is 0 Å². The summed E-state index contributed by atoms with van der Waals surface area (Å²) in [7, 11) is 0. The van der Waals surface area contributed by atoms with E-state index in [1.807, 2.05) is 0 Å². The average molecular weight is 157 g/mol. The maximum atomic E-state index is 8.78. The second-order valence-electron chi connectivity index (χ2n) is 4.68. The predicted molar refractivity (Wildman–Crippen MR) is 46.3 cm³/mol. The van der Waals surface area contributed by atoms with E-state index in [1.54, 1.807) is 0 Å². The molecule has 0 amide bonds. The zero-order valence-electron chi connectivity index (χ0n) is 7.56. The summed E-state index contributed by atoms with van der Waals surface area (Å²) in [6.45, 7) is 4.73. The van der Waals surface area contributed by atoms with Crippen molar-refractivity contribution in [3.05, 3.63) is 0 Å². The SMILES string of the molecule is CC1(C)CCC(N)(CCO)C1. The van der Waals surface area contributed by atoms with Gasteiger partial charge >= 0.3 is 0 Å². The summed E-state index contributed by atoms with van der Waals surface area (Å²) in [5, 5.41) is 8.78. The Morgan fingerprint density at radius 3 is 2.36 bits per heavy atom. The second kappa shape index (κ2) is 2.76. The van der Waals surface area contributed by atoms with Gasteiger partial charge in [-0.25, -0.2) is 0 Å². The highest BCUT2D eigenvalue weighted by molar-refractivity contribution is 4.96. The van der Waals surface area contributed by atoms with E-state index in [-0.39, 0.29) is 12.1 Å². The third kappa shape index (κ3) is 2.17.